The third-order valence-corrected chi connectivity index (χ3v) is 2.69. The van der Waals surface area contributed by atoms with E-state index < -0.39 is 6.10 Å². The maximum Gasteiger partial charge on any atom is 0.253 e. The van der Waals surface area contributed by atoms with Crippen LogP contribution in [0.4, 0.5) is 0 Å². The molecule has 0 aliphatic rings. The van der Waals surface area contributed by atoms with Gasteiger partial charge in [0.1, 0.15) is 5.15 Å². The smallest absolute Gasteiger partial charge is 0.253 e. The zero-order valence-electron chi connectivity index (χ0n) is 9.41. The summed E-state index contributed by atoms with van der Waals surface area (Å²) in [6.45, 7) is 2.16. The van der Waals surface area contributed by atoms with Gasteiger partial charge in [0.05, 0.1) is 16.7 Å². The lowest BCUT2D eigenvalue weighted by atomic mass is 10.2. The predicted octanol–water partition coefficient (Wildman–Crippen LogP) is 2.28. The summed E-state index contributed by atoms with van der Waals surface area (Å²) in [7, 11) is 0. The number of hydrogen-bond donors (Lipinski definition) is 2. The van der Waals surface area contributed by atoms with Gasteiger partial charge in [-0.2, -0.15) is 0 Å². The largest absolute Gasteiger partial charge is 0.391 e. The zero-order chi connectivity index (χ0) is 12.8. The highest BCUT2D eigenvalue weighted by molar-refractivity contribution is 6.35. The van der Waals surface area contributed by atoms with Gasteiger partial charge in [-0.05, 0) is 12.5 Å². The van der Waals surface area contributed by atoms with Crippen molar-refractivity contribution in [1.29, 1.82) is 0 Å². The molecule has 0 aromatic carbocycles. The van der Waals surface area contributed by atoms with Gasteiger partial charge in [0.2, 0.25) is 0 Å². The molecule has 0 saturated heterocycles. The van der Waals surface area contributed by atoms with Gasteiger partial charge in [-0.25, -0.2) is 4.98 Å². The van der Waals surface area contributed by atoms with E-state index in [9.17, 15) is 9.90 Å². The van der Waals surface area contributed by atoms with Crippen LogP contribution in [0.25, 0.3) is 0 Å². The number of aliphatic hydroxyl groups is 1. The zero-order valence-corrected chi connectivity index (χ0v) is 10.9. The third kappa shape index (κ3) is 4.50. The van der Waals surface area contributed by atoms with Gasteiger partial charge >= 0.3 is 0 Å². The summed E-state index contributed by atoms with van der Waals surface area (Å²) in [5, 5.41) is 12.5. The molecule has 0 saturated carbocycles. The molecule has 17 heavy (non-hydrogen) atoms. The van der Waals surface area contributed by atoms with E-state index in [0.717, 1.165) is 6.42 Å². The highest BCUT2D eigenvalue weighted by Crippen LogP contribution is 2.17. The van der Waals surface area contributed by atoms with E-state index in [0.29, 0.717) is 6.42 Å². The lowest BCUT2D eigenvalue weighted by Crippen LogP contribution is -2.32. The van der Waals surface area contributed by atoms with Crippen LogP contribution >= 0.6 is 23.2 Å². The molecule has 1 rings (SSSR count). The molecule has 0 fully saturated rings. The Morgan fingerprint density at radius 2 is 2.29 bits per heavy atom. The predicted molar refractivity (Wildman–Crippen MR) is 67.5 cm³/mol. The van der Waals surface area contributed by atoms with E-state index in [4.69, 9.17) is 23.2 Å². The molecule has 1 amide bonds. The summed E-state index contributed by atoms with van der Waals surface area (Å²) in [6, 6.07) is 1.39. The fourth-order valence-corrected chi connectivity index (χ4v) is 1.68. The second-order valence-corrected chi connectivity index (χ2v) is 4.43. The minimum absolute atomic E-state index is 0.197. The molecule has 0 aliphatic heterocycles. The Morgan fingerprint density at radius 3 is 2.94 bits per heavy atom. The van der Waals surface area contributed by atoms with Crippen LogP contribution in [0, 0.1) is 0 Å². The topological polar surface area (TPSA) is 62.2 Å². The number of rotatable bonds is 5. The average Bonchev–Trinajstić information content (AvgIpc) is 2.29. The minimum Gasteiger partial charge on any atom is -0.391 e. The number of aliphatic hydroxyl groups excluding tert-OH is 1. The Hall–Kier alpha value is -0.840. The Morgan fingerprint density at radius 1 is 1.59 bits per heavy atom. The second-order valence-electron chi connectivity index (χ2n) is 3.64. The van der Waals surface area contributed by atoms with Crippen molar-refractivity contribution in [3.63, 3.8) is 0 Å². The van der Waals surface area contributed by atoms with Crippen molar-refractivity contribution in [3.05, 3.63) is 28.0 Å². The molecule has 4 nitrogen and oxygen atoms in total. The molecule has 1 heterocycles. The normalized spacial score (nSPS) is 12.2. The standard InChI is InChI=1S/C11H14Cl2N2O2/c1-2-3-7(16)5-15-11(17)8-4-10(13)14-6-9(8)12/h4,6-7,16H,2-3,5H2,1H3,(H,15,17). The molecule has 0 aliphatic carbocycles. The number of amides is 1. The van der Waals surface area contributed by atoms with Gasteiger partial charge in [-0.15, -0.1) is 0 Å². The Labute approximate surface area is 110 Å². The van der Waals surface area contributed by atoms with Crippen LogP contribution in [0.1, 0.15) is 30.1 Å². The monoisotopic (exact) mass is 276 g/mol. The molecular formula is C11H14Cl2N2O2. The fourth-order valence-electron chi connectivity index (χ4n) is 1.33. The Kier molecular flexibility index (Phi) is 5.68. The van der Waals surface area contributed by atoms with Crippen molar-refractivity contribution in [1.82, 2.24) is 10.3 Å². The molecule has 2 N–H and O–H groups in total. The number of carbonyl (C=O) groups is 1. The van der Waals surface area contributed by atoms with Crippen molar-refractivity contribution in [2.75, 3.05) is 6.54 Å². The number of pyridine rings is 1. The molecule has 0 radical (unpaired) electrons. The van der Waals surface area contributed by atoms with E-state index in [1.807, 2.05) is 6.92 Å². The van der Waals surface area contributed by atoms with Gasteiger partial charge in [-0.3, -0.25) is 4.79 Å². The summed E-state index contributed by atoms with van der Waals surface area (Å²) in [5.41, 5.74) is 0.260. The number of halogens is 2. The highest BCUT2D eigenvalue weighted by atomic mass is 35.5. The SMILES string of the molecule is CCCC(O)CNC(=O)c1cc(Cl)ncc1Cl. The lowest BCUT2D eigenvalue weighted by molar-refractivity contribution is 0.0910. The fraction of sp³-hybridized carbons (Fsp3) is 0.455. The van der Waals surface area contributed by atoms with Gasteiger partial charge in [0, 0.05) is 12.7 Å². The van der Waals surface area contributed by atoms with Crippen LogP contribution in [0.2, 0.25) is 10.2 Å². The summed E-state index contributed by atoms with van der Waals surface area (Å²) in [5.74, 6) is -0.366. The van der Waals surface area contributed by atoms with E-state index in [-0.39, 0.29) is 28.2 Å². The molecule has 1 unspecified atom stereocenters. The first kappa shape index (κ1) is 14.2. The summed E-state index contributed by atoms with van der Waals surface area (Å²) in [6.07, 6.45) is 2.28. The third-order valence-electron chi connectivity index (χ3n) is 2.19. The molecular weight excluding hydrogens is 263 g/mol. The van der Waals surface area contributed by atoms with Gasteiger partial charge in [0.15, 0.2) is 0 Å². The average molecular weight is 277 g/mol. The van der Waals surface area contributed by atoms with E-state index in [1.54, 1.807) is 0 Å². The van der Waals surface area contributed by atoms with Crippen molar-refractivity contribution < 1.29 is 9.90 Å². The second kappa shape index (κ2) is 6.79. The van der Waals surface area contributed by atoms with Gasteiger partial charge in [0.25, 0.3) is 5.91 Å². The van der Waals surface area contributed by atoms with E-state index >= 15 is 0 Å². The maximum absolute atomic E-state index is 11.7. The van der Waals surface area contributed by atoms with Crippen LogP contribution < -0.4 is 5.32 Å². The van der Waals surface area contributed by atoms with Crippen LogP contribution in [-0.4, -0.2) is 28.6 Å². The maximum atomic E-state index is 11.7. The Bertz CT molecular complexity index is 399. The molecule has 1 atom stereocenters. The first-order chi connectivity index (χ1) is 8.04. The number of nitrogens with zero attached hydrogens (tertiary/aromatic N) is 1. The number of aromatic nitrogens is 1. The molecule has 1 aromatic heterocycles. The summed E-state index contributed by atoms with van der Waals surface area (Å²) >= 11 is 11.5. The molecule has 6 heteroatoms. The number of hydrogen-bond acceptors (Lipinski definition) is 3. The van der Waals surface area contributed by atoms with Crippen molar-refractivity contribution in [3.8, 4) is 0 Å². The Balaban J connectivity index is 2.61. The quantitative estimate of drug-likeness (QED) is 0.812. The lowest BCUT2D eigenvalue weighted by Gasteiger charge is -2.11. The summed E-state index contributed by atoms with van der Waals surface area (Å²) in [4.78, 5) is 15.5. The van der Waals surface area contributed by atoms with Gasteiger partial charge < -0.3 is 10.4 Å². The first-order valence-electron chi connectivity index (χ1n) is 5.32. The minimum atomic E-state index is -0.542. The molecule has 0 spiro atoms. The van der Waals surface area contributed by atoms with Crippen LogP contribution in [0.3, 0.4) is 0 Å². The molecule has 1 aromatic rings. The highest BCUT2D eigenvalue weighted by Gasteiger charge is 2.12. The van der Waals surface area contributed by atoms with Crippen LogP contribution in [0.5, 0.6) is 0 Å². The summed E-state index contributed by atoms with van der Waals surface area (Å²) < 4.78 is 0. The van der Waals surface area contributed by atoms with Crippen LogP contribution in [0.15, 0.2) is 12.3 Å². The van der Waals surface area contributed by atoms with Crippen LogP contribution in [-0.2, 0) is 0 Å². The molecule has 0 bridgehead atoms. The van der Waals surface area contributed by atoms with E-state index in [1.165, 1.54) is 12.3 Å². The van der Waals surface area contributed by atoms with Crippen molar-refractivity contribution in [2.24, 2.45) is 0 Å². The van der Waals surface area contributed by atoms with E-state index in [2.05, 4.69) is 10.3 Å². The first-order valence-corrected chi connectivity index (χ1v) is 6.07. The van der Waals surface area contributed by atoms with Crippen molar-refractivity contribution >= 4 is 29.1 Å². The van der Waals surface area contributed by atoms with Gasteiger partial charge in [-0.1, -0.05) is 36.5 Å². The van der Waals surface area contributed by atoms with Crippen molar-refractivity contribution in [2.45, 2.75) is 25.9 Å². The molecule has 94 valence electrons. The number of nitrogens with one attached hydrogen (secondary N) is 1. The number of carbonyl (C=O) groups excluding carboxylic acids is 1.